The van der Waals surface area contributed by atoms with Crippen molar-refractivity contribution in [2.75, 3.05) is 0 Å². The fourth-order valence-corrected chi connectivity index (χ4v) is 1.74. The third-order valence-corrected chi connectivity index (χ3v) is 2.69. The van der Waals surface area contributed by atoms with Gasteiger partial charge in [-0.05, 0) is 29.9 Å². The molecule has 94 valence electrons. The molecule has 0 bridgehead atoms. The van der Waals surface area contributed by atoms with Crippen LogP contribution in [0.3, 0.4) is 0 Å². The van der Waals surface area contributed by atoms with Crippen LogP contribution in [-0.4, -0.2) is 16.2 Å². The van der Waals surface area contributed by atoms with Gasteiger partial charge in [0.25, 0.3) is 0 Å². The first-order valence-electron chi connectivity index (χ1n) is 5.97. The van der Waals surface area contributed by atoms with Gasteiger partial charge in [-0.1, -0.05) is 38.1 Å². The Kier molecular flexibility index (Phi) is 5.16. The molecule has 1 aromatic carbocycles. The predicted molar refractivity (Wildman–Crippen MR) is 66.8 cm³/mol. The van der Waals surface area contributed by atoms with E-state index in [1.54, 1.807) is 0 Å². The molecule has 17 heavy (non-hydrogen) atoms. The van der Waals surface area contributed by atoms with Gasteiger partial charge in [0.2, 0.25) is 0 Å². The lowest BCUT2D eigenvalue weighted by Gasteiger charge is -2.13. The highest BCUT2D eigenvalue weighted by Crippen LogP contribution is 2.21. The monoisotopic (exact) mass is 236 g/mol. The van der Waals surface area contributed by atoms with Crippen molar-refractivity contribution in [3.8, 4) is 0 Å². The summed E-state index contributed by atoms with van der Waals surface area (Å²) in [6, 6.07) is 7.54. The van der Waals surface area contributed by atoms with E-state index in [0.717, 1.165) is 17.5 Å². The number of carboxylic acid groups (broad SMARTS) is 1. The van der Waals surface area contributed by atoms with Crippen molar-refractivity contribution in [1.82, 2.24) is 0 Å². The summed E-state index contributed by atoms with van der Waals surface area (Å²) in [5.41, 5.74) is 1.89. The molecule has 0 aromatic heterocycles. The average Bonchev–Trinajstić information content (AvgIpc) is 2.26. The molecule has 0 fully saturated rings. The summed E-state index contributed by atoms with van der Waals surface area (Å²) < 4.78 is 0. The number of aliphatic carboxylic acids is 1. The lowest BCUT2D eigenvalue weighted by Crippen LogP contribution is -2.02. The van der Waals surface area contributed by atoms with Crippen molar-refractivity contribution >= 4 is 5.97 Å². The lowest BCUT2D eigenvalue weighted by molar-refractivity contribution is -0.136. The number of carbonyl (C=O) groups is 1. The number of carboxylic acids is 1. The van der Waals surface area contributed by atoms with Crippen LogP contribution in [0, 0.1) is 5.92 Å². The molecule has 1 rings (SSSR count). The molecule has 0 aliphatic heterocycles. The molecule has 0 aliphatic carbocycles. The summed E-state index contributed by atoms with van der Waals surface area (Å²) in [6.45, 7) is 4.15. The first kappa shape index (κ1) is 13.7. The highest BCUT2D eigenvalue weighted by atomic mass is 16.4. The zero-order chi connectivity index (χ0) is 12.8. The number of rotatable bonds is 6. The second-order valence-corrected chi connectivity index (χ2v) is 4.78. The molecule has 0 saturated carbocycles. The summed E-state index contributed by atoms with van der Waals surface area (Å²) >= 11 is 0. The quantitative estimate of drug-likeness (QED) is 0.798. The molecule has 3 heteroatoms. The number of aryl methyl sites for hydroxylation is 1. The van der Waals surface area contributed by atoms with Gasteiger partial charge in [-0.2, -0.15) is 0 Å². The largest absolute Gasteiger partial charge is 0.481 e. The van der Waals surface area contributed by atoms with Crippen molar-refractivity contribution in [1.29, 1.82) is 0 Å². The Morgan fingerprint density at radius 1 is 1.24 bits per heavy atom. The summed E-state index contributed by atoms with van der Waals surface area (Å²) in [5, 5.41) is 18.5. The smallest absolute Gasteiger partial charge is 0.303 e. The molecule has 1 unspecified atom stereocenters. The highest BCUT2D eigenvalue weighted by Gasteiger charge is 2.09. The van der Waals surface area contributed by atoms with E-state index >= 15 is 0 Å². The van der Waals surface area contributed by atoms with Crippen LogP contribution in [0.25, 0.3) is 0 Å². The highest BCUT2D eigenvalue weighted by molar-refractivity contribution is 5.67. The number of hydrogen-bond donors (Lipinski definition) is 2. The Morgan fingerprint density at radius 3 is 2.29 bits per heavy atom. The van der Waals surface area contributed by atoms with Gasteiger partial charge in [0.1, 0.15) is 0 Å². The van der Waals surface area contributed by atoms with Crippen LogP contribution >= 0.6 is 0 Å². The third kappa shape index (κ3) is 5.00. The van der Waals surface area contributed by atoms with E-state index in [-0.39, 0.29) is 6.42 Å². The van der Waals surface area contributed by atoms with Gasteiger partial charge < -0.3 is 10.2 Å². The molecule has 1 atom stereocenters. The van der Waals surface area contributed by atoms with Crippen LogP contribution in [0.1, 0.15) is 43.9 Å². The molecule has 1 aromatic rings. The first-order chi connectivity index (χ1) is 7.99. The van der Waals surface area contributed by atoms with Gasteiger partial charge >= 0.3 is 5.97 Å². The summed E-state index contributed by atoms with van der Waals surface area (Å²) in [6.07, 6.45) is 1.00. The number of benzene rings is 1. The summed E-state index contributed by atoms with van der Waals surface area (Å²) in [4.78, 5) is 10.4. The van der Waals surface area contributed by atoms with Crippen LogP contribution in [-0.2, 0) is 11.2 Å². The van der Waals surface area contributed by atoms with Crippen molar-refractivity contribution in [3.05, 3.63) is 35.4 Å². The zero-order valence-electron chi connectivity index (χ0n) is 10.4. The van der Waals surface area contributed by atoms with Crippen molar-refractivity contribution in [3.63, 3.8) is 0 Å². The minimum absolute atomic E-state index is 0.147. The predicted octanol–water partition coefficient (Wildman–Crippen LogP) is 2.78. The molecule has 0 radical (unpaired) electrons. The molecular weight excluding hydrogens is 216 g/mol. The van der Waals surface area contributed by atoms with E-state index in [4.69, 9.17) is 5.11 Å². The minimum Gasteiger partial charge on any atom is -0.481 e. The first-order valence-corrected chi connectivity index (χ1v) is 5.97. The van der Waals surface area contributed by atoms with Gasteiger partial charge in [0.05, 0.1) is 6.10 Å². The Bertz CT molecular complexity index is 354. The Balaban J connectivity index is 2.58. The van der Waals surface area contributed by atoms with E-state index < -0.39 is 12.1 Å². The van der Waals surface area contributed by atoms with E-state index in [1.807, 2.05) is 24.3 Å². The van der Waals surface area contributed by atoms with Crippen LogP contribution in [0.5, 0.6) is 0 Å². The van der Waals surface area contributed by atoms with Gasteiger partial charge in [-0.15, -0.1) is 0 Å². The van der Waals surface area contributed by atoms with Crippen LogP contribution in [0.4, 0.5) is 0 Å². The molecule has 3 nitrogen and oxygen atoms in total. The zero-order valence-corrected chi connectivity index (χ0v) is 10.4. The van der Waals surface area contributed by atoms with E-state index in [1.165, 1.54) is 0 Å². The Morgan fingerprint density at radius 2 is 1.82 bits per heavy atom. The van der Waals surface area contributed by atoms with Gasteiger partial charge in [0.15, 0.2) is 0 Å². The molecular formula is C14H20O3. The van der Waals surface area contributed by atoms with Crippen molar-refractivity contribution in [2.24, 2.45) is 5.92 Å². The van der Waals surface area contributed by atoms with E-state index in [0.29, 0.717) is 12.3 Å². The molecule has 2 N–H and O–H groups in total. The third-order valence-electron chi connectivity index (χ3n) is 2.69. The topological polar surface area (TPSA) is 57.5 Å². The summed E-state index contributed by atoms with van der Waals surface area (Å²) in [7, 11) is 0. The van der Waals surface area contributed by atoms with Gasteiger partial charge in [-0.25, -0.2) is 0 Å². The second kappa shape index (κ2) is 6.40. The molecule has 0 heterocycles. The van der Waals surface area contributed by atoms with E-state index in [2.05, 4.69) is 13.8 Å². The maximum atomic E-state index is 10.4. The molecule has 0 amide bonds. The lowest BCUT2D eigenvalue weighted by atomic mass is 9.98. The van der Waals surface area contributed by atoms with Crippen LogP contribution < -0.4 is 0 Å². The minimum atomic E-state index is -0.783. The normalized spacial score (nSPS) is 12.7. The molecule has 0 spiro atoms. The van der Waals surface area contributed by atoms with Gasteiger partial charge in [0, 0.05) is 6.42 Å². The van der Waals surface area contributed by atoms with Gasteiger partial charge in [-0.3, -0.25) is 4.79 Å². The second-order valence-electron chi connectivity index (χ2n) is 4.78. The number of aliphatic hydroxyl groups excluding tert-OH is 1. The molecule has 0 saturated heterocycles. The fourth-order valence-electron chi connectivity index (χ4n) is 1.74. The average molecular weight is 236 g/mol. The van der Waals surface area contributed by atoms with Crippen LogP contribution in [0.2, 0.25) is 0 Å². The van der Waals surface area contributed by atoms with E-state index in [9.17, 15) is 9.90 Å². The standard InChI is InChI=1S/C14H20O3/c1-10(2)9-13(15)12-6-3-11(4-7-12)5-8-14(16)17/h3-4,6-7,10,13,15H,5,8-9H2,1-2H3,(H,16,17). The fraction of sp³-hybridized carbons (Fsp3) is 0.500. The maximum Gasteiger partial charge on any atom is 0.303 e. The number of aliphatic hydroxyl groups is 1. The molecule has 0 aliphatic rings. The Hall–Kier alpha value is -1.35. The number of hydrogen-bond acceptors (Lipinski definition) is 2. The SMILES string of the molecule is CC(C)CC(O)c1ccc(CCC(=O)O)cc1. The summed E-state index contributed by atoms with van der Waals surface area (Å²) in [5.74, 6) is -0.328. The van der Waals surface area contributed by atoms with Crippen LogP contribution in [0.15, 0.2) is 24.3 Å². The van der Waals surface area contributed by atoms with Crippen molar-refractivity contribution in [2.45, 2.75) is 39.2 Å². The van der Waals surface area contributed by atoms with Crippen molar-refractivity contribution < 1.29 is 15.0 Å². The Labute approximate surface area is 102 Å². The maximum absolute atomic E-state index is 10.4.